The maximum absolute atomic E-state index is 13.2. The van der Waals surface area contributed by atoms with Crippen LogP contribution in [0, 0.1) is 0 Å². The molecule has 0 spiro atoms. The number of alkyl halides is 3. The van der Waals surface area contributed by atoms with Gasteiger partial charge in [0.25, 0.3) is 0 Å². The molecule has 3 rings (SSSR count). The van der Waals surface area contributed by atoms with Crippen molar-refractivity contribution in [2.45, 2.75) is 45.7 Å². The summed E-state index contributed by atoms with van der Waals surface area (Å²) in [5, 5.41) is 9.11. The molecule has 6 nitrogen and oxygen atoms in total. The van der Waals surface area contributed by atoms with Crippen LogP contribution >= 0.6 is 11.8 Å². The lowest BCUT2D eigenvalue weighted by Crippen LogP contribution is -2.17. The second kappa shape index (κ2) is 11.0. The topological polar surface area (TPSA) is 89.9 Å². The first kappa shape index (κ1) is 26.4. The van der Waals surface area contributed by atoms with Crippen molar-refractivity contribution in [1.29, 1.82) is 0 Å². The minimum atomic E-state index is -4.80. The third-order valence-electron chi connectivity index (χ3n) is 4.49. The van der Waals surface area contributed by atoms with E-state index in [-0.39, 0.29) is 33.3 Å². The number of carbonyl (C=O) groups is 1. The fourth-order valence-electron chi connectivity index (χ4n) is 3.06. The Hall–Kier alpha value is -3.18. The standard InChI is InChI=1S/C24H21F3O6S2/c1-2-10-32-18-11-16(13-23(28)29)12-22(15-18)35(30,31)21-8-6-19(7-9-21)34-20-5-3-4-17(14-20)33-24(25,26)27/h3-9,11-12,14-15H,2,10,13H2,1H3,(H,28,29). The van der Waals surface area contributed by atoms with Gasteiger partial charge in [-0.2, -0.15) is 0 Å². The van der Waals surface area contributed by atoms with Gasteiger partial charge in [-0.1, -0.05) is 24.8 Å². The fraction of sp³-hybridized carbons (Fsp3) is 0.208. The van der Waals surface area contributed by atoms with Gasteiger partial charge in [0.2, 0.25) is 9.84 Å². The van der Waals surface area contributed by atoms with Crippen molar-refractivity contribution in [3.8, 4) is 11.5 Å². The number of benzene rings is 3. The molecule has 1 N–H and O–H groups in total. The summed E-state index contributed by atoms with van der Waals surface area (Å²) in [6.07, 6.45) is -4.48. The van der Waals surface area contributed by atoms with E-state index in [2.05, 4.69) is 4.74 Å². The van der Waals surface area contributed by atoms with E-state index in [0.29, 0.717) is 22.8 Å². The van der Waals surface area contributed by atoms with Gasteiger partial charge in [0, 0.05) is 9.79 Å². The van der Waals surface area contributed by atoms with Gasteiger partial charge in [-0.15, -0.1) is 13.2 Å². The molecule has 11 heteroatoms. The number of rotatable bonds is 10. The largest absolute Gasteiger partial charge is 0.573 e. The number of hydrogen-bond acceptors (Lipinski definition) is 6. The second-order valence-electron chi connectivity index (χ2n) is 7.33. The van der Waals surface area contributed by atoms with Crippen molar-refractivity contribution >= 4 is 27.6 Å². The molecule has 0 fully saturated rings. The van der Waals surface area contributed by atoms with Gasteiger partial charge in [-0.3, -0.25) is 4.79 Å². The summed E-state index contributed by atoms with van der Waals surface area (Å²) in [5.41, 5.74) is 0.290. The zero-order valence-electron chi connectivity index (χ0n) is 18.4. The monoisotopic (exact) mass is 526 g/mol. The number of sulfone groups is 1. The Bertz CT molecular complexity index is 1290. The molecule has 0 aromatic heterocycles. The van der Waals surface area contributed by atoms with E-state index in [1.165, 1.54) is 60.7 Å². The smallest absolute Gasteiger partial charge is 0.494 e. The molecule has 3 aromatic carbocycles. The van der Waals surface area contributed by atoms with E-state index in [1.54, 1.807) is 6.07 Å². The van der Waals surface area contributed by atoms with E-state index in [4.69, 9.17) is 9.84 Å². The van der Waals surface area contributed by atoms with E-state index >= 15 is 0 Å². The Balaban J connectivity index is 1.84. The van der Waals surface area contributed by atoms with Crippen LogP contribution in [0.25, 0.3) is 0 Å². The van der Waals surface area contributed by atoms with Crippen molar-refractivity contribution in [2.24, 2.45) is 0 Å². The van der Waals surface area contributed by atoms with Crippen molar-refractivity contribution in [2.75, 3.05) is 6.61 Å². The number of hydrogen-bond donors (Lipinski definition) is 1. The molecular formula is C24H21F3O6S2. The number of aliphatic carboxylic acids is 1. The van der Waals surface area contributed by atoms with Crippen LogP contribution in [0.4, 0.5) is 13.2 Å². The van der Waals surface area contributed by atoms with E-state index in [0.717, 1.165) is 11.8 Å². The van der Waals surface area contributed by atoms with Crippen LogP contribution in [-0.4, -0.2) is 32.5 Å². The Morgan fingerprint density at radius 1 is 0.943 bits per heavy atom. The minimum absolute atomic E-state index is 0.0232. The maximum Gasteiger partial charge on any atom is 0.573 e. The molecule has 0 aliphatic rings. The first-order valence-electron chi connectivity index (χ1n) is 10.3. The van der Waals surface area contributed by atoms with Crippen LogP contribution in [0.15, 0.2) is 86.3 Å². The van der Waals surface area contributed by atoms with Crippen molar-refractivity contribution in [1.82, 2.24) is 0 Å². The Morgan fingerprint density at radius 3 is 2.29 bits per heavy atom. The summed E-state index contributed by atoms with van der Waals surface area (Å²) in [5.74, 6) is -1.20. The molecule has 0 aliphatic heterocycles. The van der Waals surface area contributed by atoms with Gasteiger partial charge >= 0.3 is 12.3 Å². The van der Waals surface area contributed by atoms with Crippen LogP contribution in [0.3, 0.4) is 0 Å². The molecule has 0 saturated carbocycles. The molecule has 0 bridgehead atoms. The normalized spacial score (nSPS) is 11.8. The number of ether oxygens (including phenoxy) is 2. The van der Waals surface area contributed by atoms with Crippen molar-refractivity contribution < 1.29 is 41.0 Å². The van der Waals surface area contributed by atoms with Crippen molar-refractivity contribution in [3.05, 3.63) is 72.3 Å². The number of carboxylic acids is 1. The lowest BCUT2D eigenvalue weighted by atomic mass is 10.1. The molecule has 186 valence electrons. The predicted molar refractivity (Wildman–Crippen MR) is 123 cm³/mol. The highest BCUT2D eigenvalue weighted by molar-refractivity contribution is 7.99. The average molecular weight is 527 g/mol. The quantitative estimate of drug-likeness (QED) is 0.347. The minimum Gasteiger partial charge on any atom is -0.494 e. The Labute approximate surface area is 204 Å². The highest BCUT2D eigenvalue weighted by atomic mass is 32.2. The summed E-state index contributed by atoms with van der Waals surface area (Å²) in [6, 6.07) is 15.4. The van der Waals surface area contributed by atoms with Gasteiger partial charge in [-0.05, 0) is 72.6 Å². The van der Waals surface area contributed by atoms with Gasteiger partial charge in [-0.25, -0.2) is 8.42 Å². The van der Waals surface area contributed by atoms with Crippen LogP contribution in [0.5, 0.6) is 11.5 Å². The molecule has 0 saturated heterocycles. The fourth-order valence-corrected chi connectivity index (χ4v) is 5.27. The molecule has 3 aromatic rings. The molecule has 35 heavy (non-hydrogen) atoms. The molecule has 0 unspecified atom stereocenters. The highest BCUT2D eigenvalue weighted by Gasteiger charge is 2.31. The highest BCUT2D eigenvalue weighted by Crippen LogP contribution is 2.33. The third kappa shape index (κ3) is 7.66. The second-order valence-corrected chi connectivity index (χ2v) is 10.4. The van der Waals surface area contributed by atoms with Gasteiger partial charge in [0.05, 0.1) is 22.8 Å². The zero-order chi connectivity index (χ0) is 25.6. The van der Waals surface area contributed by atoms with E-state index < -0.39 is 22.2 Å². The van der Waals surface area contributed by atoms with E-state index in [9.17, 15) is 26.4 Å². The van der Waals surface area contributed by atoms with Gasteiger partial charge in [0.1, 0.15) is 11.5 Å². The predicted octanol–water partition coefficient (Wildman–Crippen LogP) is 5.99. The summed E-state index contributed by atoms with van der Waals surface area (Å²) in [6.45, 7) is 2.23. The Morgan fingerprint density at radius 2 is 1.66 bits per heavy atom. The first-order chi connectivity index (χ1) is 16.5. The van der Waals surface area contributed by atoms with Crippen molar-refractivity contribution in [3.63, 3.8) is 0 Å². The number of halogens is 3. The third-order valence-corrected chi connectivity index (χ3v) is 7.23. The average Bonchev–Trinajstić information content (AvgIpc) is 2.76. The molecule has 0 radical (unpaired) electrons. The molecule has 0 aliphatic carbocycles. The molecule has 0 heterocycles. The Kier molecular flexibility index (Phi) is 8.34. The van der Waals surface area contributed by atoms with Gasteiger partial charge in [0.15, 0.2) is 0 Å². The zero-order valence-corrected chi connectivity index (χ0v) is 20.0. The first-order valence-corrected chi connectivity index (χ1v) is 12.6. The van der Waals surface area contributed by atoms with Crippen LogP contribution in [0.2, 0.25) is 0 Å². The number of carboxylic acid groups (broad SMARTS) is 1. The SMILES string of the molecule is CCCOc1cc(CC(=O)O)cc(S(=O)(=O)c2ccc(Sc3cccc(OC(F)(F)F)c3)cc2)c1. The summed E-state index contributed by atoms with van der Waals surface area (Å²) >= 11 is 1.14. The van der Waals surface area contributed by atoms with Crippen LogP contribution in [-0.2, 0) is 21.1 Å². The molecule has 0 amide bonds. The summed E-state index contributed by atoms with van der Waals surface area (Å²) < 4.78 is 73.2. The van der Waals surface area contributed by atoms with Gasteiger partial charge < -0.3 is 14.6 Å². The van der Waals surface area contributed by atoms with Crippen LogP contribution < -0.4 is 9.47 Å². The lowest BCUT2D eigenvalue weighted by Gasteiger charge is -2.12. The maximum atomic E-state index is 13.2. The summed E-state index contributed by atoms with van der Waals surface area (Å²) in [4.78, 5) is 12.1. The van der Waals surface area contributed by atoms with Crippen LogP contribution in [0.1, 0.15) is 18.9 Å². The molecule has 0 atom stereocenters. The summed E-state index contributed by atoms with van der Waals surface area (Å²) in [7, 11) is -3.99. The molecular weight excluding hydrogens is 505 g/mol. The lowest BCUT2D eigenvalue weighted by molar-refractivity contribution is -0.274. The van der Waals surface area contributed by atoms with E-state index in [1.807, 2.05) is 6.92 Å².